The van der Waals surface area contributed by atoms with Crippen LogP contribution in [0.5, 0.6) is 0 Å². The van der Waals surface area contributed by atoms with E-state index < -0.39 is 0 Å². The van der Waals surface area contributed by atoms with Crippen LogP contribution in [-0.4, -0.2) is 14.5 Å². The second-order valence-corrected chi connectivity index (χ2v) is 8.09. The topological polar surface area (TPSA) is 35.1 Å². The summed E-state index contributed by atoms with van der Waals surface area (Å²) in [6, 6.07) is 30.2. The van der Waals surface area contributed by atoms with E-state index in [0.29, 0.717) is 5.69 Å². The van der Waals surface area contributed by atoms with Crippen molar-refractivity contribution in [3.8, 4) is 33.8 Å². The van der Waals surface area contributed by atoms with E-state index in [1.807, 2.05) is 55.0 Å². The molecule has 0 bridgehead atoms. The van der Waals surface area contributed by atoms with Gasteiger partial charge in [0.05, 0.1) is 12.4 Å². The monoisotopic (exact) mass is 631 g/mol. The van der Waals surface area contributed by atoms with Crippen LogP contribution in [0.3, 0.4) is 0 Å². The summed E-state index contributed by atoms with van der Waals surface area (Å²) in [6.45, 7) is 10.2. The van der Waals surface area contributed by atoms with Crippen LogP contribution < -0.4 is 0 Å². The number of hydrogen-bond donors (Lipinski definition) is 0. The zero-order chi connectivity index (χ0) is 23.3. The van der Waals surface area contributed by atoms with Crippen molar-refractivity contribution in [2.45, 2.75) is 19.9 Å². The average Bonchev–Trinajstić information content (AvgIpc) is 3.40. The van der Waals surface area contributed by atoms with Crippen LogP contribution in [0.2, 0.25) is 0 Å². The Hall–Kier alpha value is -3.84. The summed E-state index contributed by atoms with van der Waals surface area (Å²) in [6.07, 6.45) is 6.84. The van der Waals surface area contributed by atoms with Crippen molar-refractivity contribution in [3.63, 3.8) is 0 Å². The molecule has 0 N–H and O–H groups in total. The van der Waals surface area contributed by atoms with Gasteiger partial charge in [0.25, 0.3) is 0 Å². The fourth-order valence-electron chi connectivity index (χ4n) is 4.12. The fraction of sp³-hybridized carbons (Fsp3) is 0.100. The van der Waals surface area contributed by atoms with E-state index in [1.165, 1.54) is 16.7 Å². The maximum absolute atomic E-state index is 7.10. The van der Waals surface area contributed by atoms with Gasteiger partial charge in [0.1, 0.15) is 5.69 Å². The van der Waals surface area contributed by atoms with Crippen LogP contribution in [0, 0.1) is 25.6 Å². The maximum atomic E-state index is 7.10. The molecule has 0 spiro atoms. The molecule has 0 saturated heterocycles. The minimum atomic E-state index is 0. The molecule has 1 aliphatic heterocycles. The van der Waals surface area contributed by atoms with Gasteiger partial charge in [0, 0.05) is 45.2 Å². The number of fused-ring (bicyclic) bond motifs is 3. The van der Waals surface area contributed by atoms with E-state index in [0.717, 1.165) is 41.2 Å². The first kappa shape index (κ1) is 24.3. The van der Waals surface area contributed by atoms with Crippen molar-refractivity contribution >= 4 is 5.69 Å². The van der Waals surface area contributed by atoms with Crippen molar-refractivity contribution in [1.82, 2.24) is 14.5 Å². The Morgan fingerprint density at radius 3 is 2.66 bits per heavy atom. The van der Waals surface area contributed by atoms with Crippen molar-refractivity contribution in [1.29, 1.82) is 0 Å². The van der Waals surface area contributed by atoms with Gasteiger partial charge in [-0.05, 0) is 35.7 Å². The Morgan fingerprint density at radius 2 is 1.83 bits per heavy atom. The van der Waals surface area contributed by atoms with Crippen LogP contribution in [0.4, 0.5) is 5.69 Å². The number of benzene rings is 3. The van der Waals surface area contributed by atoms with E-state index in [9.17, 15) is 0 Å². The third-order valence-corrected chi connectivity index (χ3v) is 5.88. The molecule has 0 saturated carbocycles. The maximum Gasteiger partial charge on any atom is 0.108 e. The van der Waals surface area contributed by atoms with Crippen molar-refractivity contribution in [2.24, 2.45) is 0 Å². The molecule has 3 heterocycles. The summed E-state index contributed by atoms with van der Waals surface area (Å²) >= 11 is 0. The van der Waals surface area contributed by atoms with Crippen LogP contribution in [0.15, 0.2) is 91.4 Å². The van der Waals surface area contributed by atoms with Crippen LogP contribution in [0.25, 0.3) is 38.6 Å². The number of aromatic nitrogens is 3. The first-order valence-corrected chi connectivity index (χ1v) is 11.2. The van der Waals surface area contributed by atoms with Gasteiger partial charge in [-0.15, -0.1) is 59.2 Å². The molecule has 4 nitrogen and oxygen atoms in total. The summed E-state index contributed by atoms with van der Waals surface area (Å²) in [4.78, 5) is 12.3. The predicted molar refractivity (Wildman–Crippen MR) is 135 cm³/mol. The Bertz CT molecular complexity index is 1480. The minimum absolute atomic E-state index is 0. The molecule has 0 unspecified atom stereocenters. The summed E-state index contributed by atoms with van der Waals surface area (Å²) in [5.74, 6) is 1.06. The molecule has 1 radical (unpaired) electrons. The number of imidazole rings is 1. The van der Waals surface area contributed by atoms with Crippen molar-refractivity contribution < 1.29 is 20.1 Å². The number of rotatable bonds is 2. The molecule has 1 aliphatic rings. The van der Waals surface area contributed by atoms with Crippen LogP contribution in [-0.2, 0) is 33.1 Å². The van der Waals surface area contributed by atoms with Gasteiger partial charge in [0.15, 0.2) is 0 Å². The van der Waals surface area contributed by atoms with Gasteiger partial charge in [-0.3, -0.25) is 9.83 Å². The van der Waals surface area contributed by atoms with E-state index in [1.54, 1.807) is 12.1 Å². The molecule has 5 aromatic rings. The van der Waals surface area contributed by atoms with Crippen molar-refractivity contribution in [3.05, 3.63) is 126 Å². The molecule has 0 fully saturated rings. The quantitative estimate of drug-likeness (QED) is 0.198. The SMILES string of the molecule is [C-]#[N+]c1cc[c-]c(-c2cc(-c3ccccc3)c(C)cn2)c1.[Ir].[c-]1cccc2c1-c1nccn1CC2. The minimum Gasteiger partial charge on any atom is -0.371 e. The third kappa shape index (κ3) is 5.30. The zero-order valence-corrected chi connectivity index (χ0v) is 21.6. The normalized spacial score (nSPS) is 11.1. The second kappa shape index (κ2) is 11.1. The predicted octanol–water partition coefficient (Wildman–Crippen LogP) is 6.98. The molecule has 35 heavy (non-hydrogen) atoms. The smallest absolute Gasteiger partial charge is 0.108 e. The first-order valence-electron chi connectivity index (χ1n) is 11.2. The molecular weight excluding hydrogens is 609 g/mol. The number of hydrogen-bond acceptors (Lipinski definition) is 2. The molecular formula is C30H22IrN4-2. The first-order chi connectivity index (χ1) is 16.7. The Labute approximate surface area is 219 Å². The Kier molecular flexibility index (Phi) is 7.67. The Morgan fingerprint density at radius 1 is 0.971 bits per heavy atom. The standard InChI is InChI=1S/C19H13N2.C11H9N2.Ir/c1-14-13-21-19(16-9-6-10-17(11-16)20-2)12-18(14)15-7-4-3-5-8-15;1-2-4-10-9(3-1)5-7-13-8-6-12-11(10)13;/h3-8,10-13H,1H3;1-3,6,8H,5,7H2;/q2*-1;. The fourth-order valence-corrected chi connectivity index (χ4v) is 4.12. The molecule has 173 valence electrons. The molecule has 5 heteroatoms. The van der Waals surface area contributed by atoms with Gasteiger partial charge in [-0.2, -0.15) is 6.07 Å². The molecule has 0 amide bonds. The third-order valence-electron chi connectivity index (χ3n) is 5.88. The molecule has 0 atom stereocenters. The number of nitrogens with zero attached hydrogens (tertiary/aromatic N) is 4. The van der Waals surface area contributed by atoms with Gasteiger partial charge >= 0.3 is 0 Å². The summed E-state index contributed by atoms with van der Waals surface area (Å²) in [5, 5.41) is 0. The van der Waals surface area contributed by atoms with Gasteiger partial charge in [0.2, 0.25) is 0 Å². The largest absolute Gasteiger partial charge is 0.371 e. The van der Waals surface area contributed by atoms with Crippen molar-refractivity contribution in [2.75, 3.05) is 0 Å². The molecule has 0 aliphatic carbocycles. The average molecular weight is 631 g/mol. The molecule has 3 aromatic carbocycles. The summed E-state index contributed by atoms with van der Waals surface area (Å²) < 4.78 is 2.18. The van der Waals surface area contributed by atoms with Gasteiger partial charge in [-0.1, -0.05) is 36.4 Å². The van der Waals surface area contributed by atoms with Crippen LogP contribution >= 0.6 is 0 Å². The van der Waals surface area contributed by atoms with E-state index in [2.05, 4.69) is 62.7 Å². The van der Waals surface area contributed by atoms with E-state index in [-0.39, 0.29) is 20.1 Å². The second-order valence-electron chi connectivity index (χ2n) is 8.09. The van der Waals surface area contributed by atoms with Gasteiger partial charge in [-0.25, -0.2) is 0 Å². The number of aryl methyl sites for hydroxylation is 3. The summed E-state index contributed by atoms with van der Waals surface area (Å²) in [5.41, 5.74) is 8.27. The van der Waals surface area contributed by atoms with E-state index in [4.69, 9.17) is 6.57 Å². The molecule has 6 rings (SSSR count). The Balaban J connectivity index is 0.000000177. The van der Waals surface area contributed by atoms with Gasteiger partial charge < -0.3 is 9.55 Å². The van der Waals surface area contributed by atoms with E-state index >= 15 is 0 Å². The number of pyridine rings is 1. The zero-order valence-electron chi connectivity index (χ0n) is 19.2. The molecule has 2 aromatic heterocycles. The van der Waals surface area contributed by atoms with Crippen LogP contribution in [0.1, 0.15) is 11.1 Å². The summed E-state index contributed by atoms with van der Waals surface area (Å²) in [7, 11) is 0.